The predicted molar refractivity (Wildman–Crippen MR) is 91.2 cm³/mol. The molecule has 118 valence electrons. The normalized spacial score (nSPS) is 21.1. The van der Waals surface area contributed by atoms with E-state index in [9.17, 15) is 0 Å². The molecule has 0 aromatic heterocycles. The van der Waals surface area contributed by atoms with Crippen LogP contribution in [0.4, 0.5) is 0 Å². The van der Waals surface area contributed by atoms with Crippen LogP contribution in [0.1, 0.15) is 30.9 Å². The molecule has 0 saturated carbocycles. The van der Waals surface area contributed by atoms with Gasteiger partial charge >= 0.3 is 0 Å². The minimum Gasteiger partial charge on any atom is -0.324 e. The second kappa shape index (κ2) is 7.80. The van der Waals surface area contributed by atoms with Gasteiger partial charge in [-0.25, -0.2) is 0 Å². The van der Waals surface area contributed by atoms with Crippen molar-refractivity contribution < 1.29 is 0 Å². The van der Waals surface area contributed by atoms with Crippen molar-refractivity contribution in [3.05, 3.63) is 33.8 Å². The van der Waals surface area contributed by atoms with Gasteiger partial charge in [-0.2, -0.15) is 0 Å². The molecule has 1 aromatic rings. The van der Waals surface area contributed by atoms with Crippen LogP contribution in [0.15, 0.2) is 18.2 Å². The van der Waals surface area contributed by atoms with Crippen molar-refractivity contribution in [2.24, 2.45) is 5.73 Å². The summed E-state index contributed by atoms with van der Waals surface area (Å²) in [6.45, 7) is 3.29. The number of likely N-dealkylation sites (N-methyl/N-ethyl adjacent to an activating group) is 2. The Morgan fingerprint density at radius 2 is 2.19 bits per heavy atom. The molecule has 1 aliphatic heterocycles. The van der Waals surface area contributed by atoms with Gasteiger partial charge in [0.05, 0.1) is 10.0 Å². The summed E-state index contributed by atoms with van der Waals surface area (Å²) in [5.74, 6) is 0. The third-order valence-electron chi connectivity index (χ3n) is 4.40. The van der Waals surface area contributed by atoms with Gasteiger partial charge in [0.2, 0.25) is 0 Å². The maximum atomic E-state index is 6.27. The van der Waals surface area contributed by atoms with Crippen LogP contribution in [-0.4, -0.2) is 49.6 Å². The highest BCUT2D eigenvalue weighted by atomic mass is 35.5. The summed E-state index contributed by atoms with van der Waals surface area (Å²) in [5.41, 5.74) is 7.21. The summed E-state index contributed by atoms with van der Waals surface area (Å²) in [6, 6.07) is 6.27. The maximum absolute atomic E-state index is 6.27. The van der Waals surface area contributed by atoms with Crippen molar-refractivity contribution in [2.75, 3.05) is 33.7 Å². The lowest BCUT2D eigenvalue weighted by atomic mass is 10.0. The van der Waals surface area contributed by atoms with E-state index in [0.29, 0.717) is 16.1 Å². The summed E-state index contributed by atoms with van der Waals surface area (Å²) in [7, 11) is 4.38. The molecule has 0 radical (unpaired) electrons. The number of hydrogen-bond donors (Lipinski definition) is 1. The van der Waals surface area contributed by atoms with E-state index in [1.165, 1.54) is 19.4 Å². The van der Waals surface area contributed by atoms with Crippen LogP contribution in [-0.2, 0) is 0 Å². The first-order chi connectivity index (χ1) is 9.99. The molecule has 0 aliphatic carbocycles. The minimum atomic E-state index is -0.0695. The Hall–Kier alpha value is -0.320. The first kappa shape index (κ1) is 17.0. The highest BCUT2D eigenvalue weighted by Gasteiger charge is 2.22. The average molecular weight is 330 g/mol. The summed E-state index contributed by atoms with van der Waals surface area (Å²) >= 11 is 12.3. The number of benzene rings is 1. The minimum absolute atomic E-state index is 0.0695. The van der Waals surface area contributed by atoms with Crippen molar-refractivity contribution in [3.8, 4) is 0 Å². The zero-order chi connectivity index (χ0) is 15.4. The summed E-state index contributed by atoms with van der Waals surface area (Å²) in [6.07, 6.45) is 3.49. The van der Waals surface area contributed by atoms with Gasteiger partial charge in [-0.15, -0.1) is 0 Å². The lowest BCUT2D eigenvalue weighted by Gasteiger charge is -2.26. The van der Waals surface area contributed by atoms with Crippen LogP contribution in [0.5, 0.6) is 0 Å². The third kappa shape index (κ3) is 4.57. The lowest BCUT2D eigenvalue weighted by molar-refractivity contribution is 0.216. The van der Waals surface area contributed by atoms with Crippen molar-refractivity contribution >= 4 is 23.2 Å². The Kier molecular flexibility index (Phi) is 6.33. The Balaban J connectivity index is 1.83. The van der Waals surface area contributed by atoms with E-state index in [1.807, 2.05) is 12.1 Å². The smallest absolute Gasteiger partial charge is 0.0640 e. The highest BCUT2D eigenvalue weighted by molar-refractivity contribution is 6.42. The second-order valence-corrected chi connectivity index (χ2v) is 6.86. The van der Waals surface area contributed by atoms with Crippen LogP contribution < -0.4 is 5.73 Å². The monoisotopic (exact) mass is 329 g/mol. The number of hydrogen-bond acceptors (Lipinski definition) is 3. The first-order valence-electron chi connectivity index (χ1n) is 7.57. The molecule has 2 N–H and O–H groups in total. The van der Waals surface area contributed by atoms with Gasteiger partial charge in [-0.05, 0) is 58.1 Å². The van der Waals surface area contributed by atoms with E-state index in [-0.39, 0.29) is 6.04 Å². The topological polar surface area (TPSA) is 32.5 Å². The van der Waals surface area contributed by atoms with Crippen LogP contribution >= 0.6 is 23.2 Å². The van der Waals surface area contributed by atoms with Crippen molar-refractivity contribution in [1.82, 2.24) is 9.80 Å². The molecule has 1 saturated heterocycles. The molecule has 3 nitrogen and oxygen atoms in total. The fraction of sp³-hybridized carbons (Fsp3) is 0.625. The molecular formula is C16H25Cl2N3. The van der Waals surface area contributed by atoms with Crippen LogP contribution in [0.3, 0.4) is 0 Å². The Labute approximate surface area is 138 Å². The zero-order valence-corrected chi connectivity index (χ0v) is 14.4. The fourth-order valence-corrected chi connectivity index (χ4v) is 3.43. The summed E-state index contributed by atoms with van der Waals surface area (Å²) < 4.78 is 0. The van der Waals surface area contributed by atoms with E-state index in [0.717, 1.165) is 25.1 Å². The van der Waals surface area contributed by atoms with Gasteiger partial charge in [0.15, 0.2) is 0 Å². The first-order valence-corrected chi connectivity index (χ1v) is 8.33. The fourth-order valence-electron chi connectivity index (χ4n) is 2.98. The number of rotatable bonds is 6. The lowest BCUT2D eigenvalue weighted by Crippen LogP contribution is -2.37. The predicted octanol–water partition coefficient (Wildman–Crippen LogP) is 3.41. The quantitative estimate of drug-likeness (QED) is 0.868. The molecular weight excluding hydrogens is 305 g/mol. The molecule has 1 aliphatic rings. The van der Waals surface area contributed by atoms with E-state index in [1.54, 1.807) is 6.07 Å². The maximum Gasteiger partial charge on any atom is 0.0640 e. The standard InChI is InChI=1S/C16H25Cl2N3/c1-20(11-12-5-4-9-21(12)2)10-8-15(19)13-6-3-7-14(17)16(13)18/h3,6-7,12,15H,4-5,8-11,19H2,1-2H3. The van der Waals surface area contributed by atoms with E-state index >= 15 is 0 Å². The summed E-state index contributed by atoms with van der Waals surface area (Å²) in [5, 5.41) is 1.16. The number of halogens is 2. The van der Waals surface area contributed by atoms with Crippen molar-refractivity contribution in [2.45, 2.75) is 31.3 Å². The van der Waals surface area contributed by atoms with Gasteiger partial charge in [0, 0.05) is 18.6 Å². The van der Waals surface area contributed by atoms with E-state index in [4.69, 9.17) is 28.9 Å². The number of nitrogens with zero attached hydrogens (tertiary/aromatic N) is 2. The van der Waals surface area contributed by atoms with Crippen LogP contribution in [0, 0.1) is 0 Å². The Morgan fingerprint density at radius 3 is 2.86 bits per heavy atom. The largest absolute Gasteiger partial charge is 0.324 e. The summed E-state index contributed by atoms with van der Waals surface area (Å²) in [4.78, 5) is 4.81. The van der Waals surface area contributed by atoms with E-state index < -0.39 is 0 Å². The molecule has 21 heavy (non-hydrogen) atoms. The molecule has 2 rings (SSSR count). The molecule has 1 heterocycles. The molecule has 0 bridgehead atoms. The molecule has 2 unspecified atom stereocenters. The van der Waals surface area contributed by atoms with Gasteiger partial charge in [0.25, 0.3) is 0 Å². The second-order valence-electron chi connectivity index (χ2n) is 6.08. The third-order valence-corrected chi connectivity index (χ3v) is 5.23. The molecule has 5 heteroatoms. The number of likely N-dealkylation sites (tertiary alicyclic amines) is 1. The average Bonchev–Trinajstić information content (AvgIpc) is 2.84. The molecule has 2 atom stereocenters. The van der Waals surface area contributed by atoms with Gasteiger partial charge < -0.3 is 15.5 Å². The molecule has 0 amide bonds. The highest BCUT2D eigenvalue weighted by Crippen LogP contribution is 2.30. The van der Waals surface area contributed by atoms with Gasteiger partial charge in [-0.3, -0.25) is 0 Å². The molecule has 0 spiro atoms. The van der Waals surface area contributed by atoms with Crippen molar-refractivity contribution in [1.29, 1.82) is 0 Å². The van der Waals surface area contributed by atoms with E-state index in [2.05, 4.69) is 23.9 Å². The number of nitrogens with two attached hydrogens (primary N) is 1. The van der Waals surface area contributed by atoms with Crippen LogP contribution in [0.2, 0.25) is 10.0 Å². The zero-order valence-electron chi connectivity index (χ0n) is 12.9. The molecule has 1 aromatic carbocycles. The molecule has 1 fully saturated rings. The Morgan fingerprint density at radius 1 is 1.43 bits per heavy atom. The SMILES string of the molecule is CN(CCC(N)c1cccc(Cl)c1Cl)CC1CCCN1C. The van der Waals surface area contributed by atoms with Gasteiger partial charge in [-0.1, -0.05) is 35.3 Å². The van der Waals surface area contributed by atoms with Crippen LogP contribution in [0.25, 0.3) is 0 Å². The van der Waals surface area contributed by atoms with Gasteiger partial charge in [0.1, 0.15) is 0 Å². The Bertz CT molecular complexity index is 467. The van der Waals surface area contributed by atoms with Crippen molar-refractivity contribution in [3.63, 3.8) is 0 Å².